The molecule has 1 aliphatic rings. The number of nitrogens with zero attached hydrogens (tertiary/aromatic N) is 2. The molecule has 0 saturated carbocycles. The van der Waals surface area contributed by atoms with Gasteiger partial charge in [0.1, 0.15) is 6.04 Å². The minimum Gasteiger partial charge on any atom is -0.354 e. The summed E-state index contributed by atoms with van der Waals surface area (Å²) in [5.41, 5.74) is 0.889. The molecular formula is C15H17N5O2S. The lowest BCUT2D eigenvalue weighted by Crippen LogP contribution is -2.46. The van der Waals surface area contributed by atoms with E-state index in [4.69, 9.17) is 0 Å². The first kappa shape index (κ1) is 15.4. The normalized spacial score (nSPS) is 17.9. The third kappa shape index (κ3) is 4.04. The highest BCUT2D eigenvalue weighted by Crippen LogP contribution is 2.20. The predicted octanol–water partition coefficient (Wildman–Crippen LogP) is 2.00. The fraction of sp³-hybridized carbons (Fsp3) is 0.333. The fourth-order valence-electron chi connectivity index (χ4n) is 2.35. The number of urea groups is 1. The first-order valence-electron chi connectivity index (χ1n) is 7.47. The van der Waals surface area contributed by atoms with Gasteiger partial charge >= 0.3 is 6.03 Å². The average Bonchev–Trinajstić information content (AvgIpc) is 2.93. The third-order valence-corrected chi connectivity index (χ3v) is 4.15. The monoisotopic (exact) mass is 331 g/mol. The highest BCUT2D eigenvalue weighted by atomic mass is 32.1. The van der Waals surface area contributed by atoms with Crippen LogP contribution in [-0.2, 0) is 4.79 Å². The van der Waals surface area contributed by atoms with Crippen LogP contribution in [0.25, 0.3) is 11.4 Å². The maximum atomic E-state index is 12.0. The van der Waals surface area contributed by atoms with Crippen LogP contribution in [0.4, 0.5) is 9.93 Å². The van der Waals surface area contributed by atoms with E-state index in [1.165, 1.54) is 0 Å². The van der Waals surface area contributed by atoms with Crippen molar-refractivity contribution in [3.63, 3.8) is 0 Å². The first-order valence-corrected chi connectivity index (χ1v) is 8.24. The van der Waals surface area contributed by atoms with Crippen LogP contribution in [0.2, 0.25) is 0 Å². The lowest BCUT2D eigenvalue weighted by molar-refractivity contribution is -0.122. The number of carbonyl (C=O) groups excluding carboxylic acids is 2. The maximum absolute atomic E-state index is 12.0. The van der Waals surface area contributed by atoms with E-state index in [0.717, 1.165) is 29.9 Å². The van der Waals surface area contributed by atoms with E-state index in [0.29, 0.717) is 23.9 Å². The zero-order valence-corrected chi connectivity index (χ0v) is 13.2. The summed E-state index contributed by atoms with van der Waals surface area (Å²) in [7, 11) is 0. The number of nitrogens with one attached hydrogen (secondary N) is 3. The van der Waals surface area contributed by atoms with Gasteiger partial charge in [-0.1, -0.05) is 30.3 Å². The standard InChI is InChI=1S/C15H17N5O2S/c21-13-11(8-4-5-9-16-13)17-14(22)19-15-18-12(20-23-15)10-6-2-1-3-7-10/h1-3,6-7,11H,4-5,8-9H2,(H,16,21)(H2,17,18,19,20,22)/t11-/m1/s1. The highest BCUT2D eigenvalue weighted by molar-refractivity contribution is 7.10. The summed E-state index contributed by atoms with van der Waals surface area (Å²) in [5.74, 6) is 0.429. The van der Waals surface area contributed by atoms with Gasteiger partial charge in [0.25, 0.3) is 0 Å². The number of anilines is 1. The zero-order valence-electron chi connectivity index (χ0n) is 12.4. The summed E-state index contributed by atoms with van der Waals surface area (Å²) < 4.78 is 4.23. The van der Waals surface area contributed by atoms with Crippen LogP contribution >= 0.6 is 11.5 Å². The van der Waals surface area contributed by atoms with Gasteiger partial charge in [-0.3, -0.25) is 10.1 Å². The van der Waals surface area contributed by atoms with Gasteiger partial charge < -0.3 is 10.6 Å². The second kappa shape index (κ2) is 7.19. The van der Waals surface area contributed by atoms with Gasteiger partial charge in [-0.05, 0) is 19.3 Å². The van der Waals surface area contributed by atoms with Crippen molar-refractivity contribution in [2.24, 2.45) is 0 Å². The molecular weight excluding hydrogens is 314 g/mol. The minimum absolute atomic E-state index is 0.139. The van der Waals surface area contributed by atoms with Gasteiger partial charge in [0.15, 0.2) is 5.82 Å². The van der Waals surface area contributed by atoms with Crippen LogP contribution < -0.4 is 16.0 Å². The Bertz CT molecular complexity index is 688. The zero-order chi connectivity index (χ0) is 16.1. The molecule has 7 nitrogen and oxygen atoms in total. The Morgan fingerprint density at radius 1 is 1.26 bits per heavy atom. The largest absolute Gasteiger partial charge is 0.354 e. The Morgan fingerprint density at radius 3 is 2.91 bits per heavy atom. The molecule has 2 aromatic rings. The third-order valence-electron chi connectivity index (χ3n) is 3.52. The molecule has 2 heterocycles. The van der Waals surface area contributed by atoms with Gasteiger partial charge in [0.2, 0.25) is 11.0 Å². The molecule has 1 fully saturated rings. The number of hydrogen-bond donors (Lipinski definition) is 3. The molecule has 0 unspecified atom stereocenters. The van der Waals surface area contributed by atoms with Crippen LogP contribution in [-0.4, -0.2) is 33.9 Å². The van der Waals surface area contributed by atoms with E-state index in [2.05, 4.69) is 25.3 Å². The Labute approximate surface area is 137 Å². The summed E-state index contributed by atoms with van der Waals surface area (Å²) in [6.45, 7) is 0.662. The summed E-state index contributed by atoms with van der Waals surface area (Å²) in [4.78, 5) is 28.1. The Balaban J connectivity index is 1.60. The first-order chi connectivity index (χ1) is 11.2. The van der Waals surface area contributed by atoms with Crippen LogP contribution in [0, 0.1) is 0 Å². The number of benzene rings is 1. The molecule has 0 bridgehead atoms. The Hall–Kier alpha value is -2.48. The van der Waals surface area contributed by atoms with Crippen molar-refractivity contribution in [1.82, 2.24) is 20.0 Å². The molecule has 0 radical (unpaired) electrons. The molecule has 1 aliphatic heterocycles. The molecule has 0 spiro atoms. The molecule has 120 valence electrons. The number of hydrogen-bond acceptors (Lipinski definition) is 5. The van der Waals surface area contributed by atoms with Crippen molar-refractivity contribution < 1.29 is 9.59 Å². The van der Waals surface area contributed by atoms with Gasteiger partial charge in [-0.25, -0.2) is 4.79 Å². The fourth-order valence-corrected chi connectivity index (χ4v) is 2.93. The highest BCUT2D eigenvalue weighted by Gasteiger charge is 2.22. The molecule has 1 saturated heterocycles. The molecule has 23 heavy (non-hydrogen) atoms. The van der Waals surface area contributed by atoms with Crippen LogP contribution in [0.5, 0.6) is 0 Å². The summed E-state index contributed by atoms with van der Waals surface area (Å²) in [5, 5.41) is 8.50. The quantitative estimate of drug-likeness (QED) is 0.801. The van der Waals surface area contributed by atoms with Crippen molar-refractivity contribution in [3.8, 4) is 11.4 Å². The van der Waals surface area contributed by atoms with Crippen molar-refractivity contribution in [2.75, 3.05) is 11.9 Å². The summed E-state index contributed by atoms with van der Waals surface area (Å²) >= 11 is 1.11. The van der Waals surface area contributed by atoms with Gasteiger partial charge in [-0.2, -0.15) is 9.36 Å². The number of carbonyl (C=O) groups is 2. The molecule has 3 amide bonds. The average molecular weight is 331 g/mol. The lowest BCUT2D eigenvalue weighted by atomic mass is 10.1. The van der Waals surface area contributed by atoms with E-state index in [9.17, 15) is 9.59 Å². The molecule has 3 N–H and O–H groups in total. The van der Waals surface area contributed by atoms with E-state index in [-0.39, 0.29) is 5.91 Å². The second-order valence-electron chi connectivity index (χ2n) is 5.23. The van der Waals surface area contributed by atoms with Crippen molar-refractivity contribution in [1.29, 1.82) is 0 Å². The number of rotatable bonds is 3. The van der Waals surface area contributed by atoms with Gasteiger partial charge in [-0.15, -0.1) is 0 Å². The summed E-state index contributed by atoms with van der Waals surface area (Å²) in [6.07, 6.45) is 2.48. The lowest BCUT2D eigenvalue weighted by Gasteiger charge is -2.14. The van der Waals surface area contributed by atoms with Crippen molar-refractivity contribution in [3.05, 3.63) is 30.3 Å². The molecule has 1 atom stereocenters. The van der Waals surface area contributed by atoms with E-state index >= 15 is 0 Å². The van der Waals surface area contributed by atoms with E-state index in [1.807, 2.05) is 30.3 Å². The summed E-state index contributed by atoms with van der Waals surface area (Å²) in [6, 6.07) is 8.59. The van der Waals surface area contributed by atoms with Gasteiger partial charge in [0, 0.05) is 23.6 Å². The molecule has 1 aromatic heterocycles. The topological polar surface area (TPSA) is 96.0 Å². The number of aromatic nitrogens is 2. The molecule has 1 aromatic carbocycles. The Kier molecular flexibility index (Phi) is 4.82. The van der Waals surface area contributed by atoms with E-state index in [1.54, 1.807) is 0 Å². The molecule has 0 aliphatic carbocycles. The van der Waals surface area contributed by atoms with Crippen LogP contribution in [0.15, 0.2) is 30.3 Å². The van der Waals surface area contributed by atoms with Crippen molar-refractivity contribution in [2.45, 2.75) is 25.3 Å². The van der Waals surface area contributed by atoms with Crippen molar-refractivity contribution >= 4 is 28.6 Å². The van der Waals surface area contributed by atoms with E-state index < -0.39 is 12.1 Å². The maximum Gasteiger partial charge on any atom is 0.321 e. The number of amides is 3. The smallest absolute Gasteiger partial charge is 0.321 e. The Morgan fingerprint density at radius 2 is 2.09 bits per heavy atom. The predicted molar refractivity (Wildman–Crippen MR) is 88.1 cm³/mol. The SMILES string of the molecule is O=C(Nc1nc(-c2ccccc2)ns1)N[C@@H]1CCCCNC1=O. The van der Waals surface area contributed by atoms with Crippen LogP contribution in [0.3, 0.4) is 0 Å². The van der Waals surface area contributed by atoms with Gasteiger partial charge in [0.05, 0.1) is 0 Å². The minimum atomic E-state index is -0.501. The molecule has 8 heteroatoms. The van der Waals surface area contributed by atoms with Crippen LogP contribution in [0.1, 0.15) is 19.3 Å². The molecule has 3 rings (SSSR count). The second-order valence-corrected chi connectivity index (χ2v) is 5.98.